The molecule has 0 unspecified atom stereocenters. The molecule has 0 spiro atoms. The average molecular weight is 303 g/mol. The minimum absolute atomic E-state index is 0.230. The van der Waals surface area contributed by atoms with Crippen LogP contribution in [0, 0.1) is 0 Å². The summed E-state index contributed by atoms with van der Waals surface area (Å²) in [7, 11) is 3.77. The van der Waals surface area contributed by atoms with E-state index in [4.69, 9.17) is 0 Å². The molecule has 0 fully saturated rings. The van der Waals surface area contributed by atoms with Crippen LogP contribution >= 0.6 is 21.6 Å². The summed E-state index contributed by atoms with van der Waals surface area (Å²) in [5, 5.41) is 0.503. The van der Waals surface area contributed by atoms with Gasteiger partial charge < -0.3 is 0 Å². The van der Waals surface area contributed by atoms with Crippen molar-refractivity contribution in [2.45, 2.75) is 43.3 Å². The lowest BCUT2D eigenvalue weighted by atomic mass is 9.87. The highest BCUT2D eigenvalue weighted by Gasteiger charge is 2.13. The fourth-order valence-electron chi connectivity index (χ4n) is 1.92. The Morgan fingerprint density at radius 2 is 1.45 bits per heavy atom. The maximum Gasteiger partial charge on any atom is 0.0376 e. The molecule has 2 heteroatoms. The summed E-state index contributed by atoms with van der Waals surface area (Å²) in [6.07, 6.45) is 0. The van der Waals surface area contributed by atoms with Gasteiger partial charge >= 0.3 is 0 Å². The van der Waals surface area contributed by atoms with Crippen LogP contribution in [-0.2, 0) is 5.41 Å². The normalized spacial score (nSPS) is 13.2. The monoisotopic (exact) mass is 302 g/mol. The summed E-state index contributed by atoms with van der Waals surface area (Å²) in [5.41, 5.74) is 3.01. The zero-order valence-corrected chi connectivity index (χ0v) is 14.2. The maximum absolute atomic E-state index is 2.26. The molecule has 0 amide bonds. The third-order valence-electron chi connectivity index (χ3n) is 3.28. The molecule has 20 heavy (non-hydrogen) atoms. The summed E-state index contributed by atoms with van der Waals surface area (Å²) in [5.74, 6) is 0. The molecule has 0 heterocycles. The van der Waals surface area contributed by atoms with Gasteiger partial charge in [0, 0.05) is 10.1 Å². The molecule has 0 saturated heterocycles. The molecule has 2 rings (SSSR count). The molecular formula is C18H22S2. The van der Waals surface area contributed by atoms with Gasteiger partial charge in [-0.3, -0.25) is 0 Å². The third kappa shape index (κ3) is 4.32. The Balaban J connectivity index is 1.94. The summed E-state index contributed by atoms with van der Waals surface area (Å²) < 4.78 is 0. The summed E-state index contributed by atoms with van der Waals surface area (Å²) in [4.78, 5) is 1.32. The second-order valence-electron chi connectivity index (χ2n) is 6.01. The van der Waals surface area contributed by atoms with Crippen LogP contribution < -0.4 is 0 Å². The van der Waals surface area contributed by atoms with E-state index in [0.29, 0.717) is 5.25 Å². The lowest BCUT2D eigenvalue weighted by Crippen LogP contribution is -2.10. The van der Waals surface area contributed by atoms with Gasteiger partial charge in [-0.15, -0.1) is 0 Å². The molecular weight excluding hydrogens is 280 g/mol. The molecule has 2 aromatic rings. The van der Waals surface area contributed by atoms with E-state index in [2.05, 4.69) is 82.3 Å². The molecule has 0 aliphatic rings. The van der Waals surface area contributed by atoms with Crippen molar-refractivity contribution >= 4 is 21.6 Å². The molecule has 0 aromatic heterocycles. The van der Waals surface area contributed by atoms with Crippen LogP contribution in [0.2, 0.25) is 0 Å². The van der Waals surface area contributed by atoms with Crippen LogP contribution in [0.25, 0.3) is 0 Å². The molecule has 0 nitrogen and oxygen atoms in total. The Kier molecular flexibility index (Phi) is 5.22. The Bertz CT molecular complexity index is 524. The van der Waals surface area contributed by atoms with Crippen molar-refractivity contribution in [1.29, 1.82) is 0 Å². The van der Waals surface area contributed by atoms with Crippen molar-refractivity contribution in [2.24, 2.45) is 0 Å². The van der Waals surface area contributed by atoms with E-state index in [-0.39, 0.29) is 5.41 Å². The molecule has 0 aliphatic heterocycles. The average Bonchev–Trinajstić information content (AvgIpc) is 2.45. The zero-order chi connectivity index (χ0) is 14.6. The standard InChI is InChI=1S/C18H22S2/c1-14(15-8-6-5-7-9-15)19-20-17-12-10-16(11-13-17)18(2,3)4/h5-14H,1-4H3/t14-/m0/s1. The third-order valence-corrected chi connectivity index (χ3v) is 6.13. The van der Waals surface area contributed by atoms with Gasteiger partial charge in [0.05, 0.1) is 0 Å². The summed E-state index contributed by atoms with van der Waals surface area (Å²) in [6, 6.07) is 19.6. The molecule has 0 radical (unpaired) electrons. The van der Waals surface area contributed by atoms with Crippen molar-refractivity contribution in [3.63, 3.8) is 0 Å². The highest BCUT2D eigenvalue weighted by Crippen LogP contribution is 2.42. The second-order valence-corrected chi connectivity index (χ2v) is 8.62. The topological polar surface area (TPSA) is 0 Å². The molecule has 0 bridgehead atoms. The number of benzene rings is 2. The molecule has 1 atom stereocenters. The molecule has 2 aromatic carbocycles. The Morgan fingerprint density at radius 3 is 2.00 bits per heavy atom. The van der Waals surface area contributed by atoms with Crippen molar-refractivity contribution in [3.8, 4) is 0 Å². The van der Waals surface area contributed by atoms with Gasteiger partial charge in [0.15, 0.2) is 0 Å². The van der Waals surface area contributed by atoms with E-state index in [9.17, 15) is 0 Å². The summed E-state index contributed by atoms with van der Waals surface area (Å²) >= 11 is 0. The van der Waals surface area contributed by atoms with Gasteiger partial charge in [0.2, 0.25) is 0 Å². The summed E-state index contributed by atoms with van der Waals surface area (Å²) in [6.45, 7) is 9.01. The minimum atomic E-state index is 0.230. The first-order chi connectivity index (χ1) is 9.47. The minimum Gasteiger partial charge on any atom is -0.0810 e. The predicted molar refractivity (Wildman–Crippen MR) is 93.4 cm³/mol. The first kappa shape index (κ1) is 15.5. The van der Waals surface area contributed by atoms with Gasteiger partial charge in [-0.25, -0.2) is 0 Å². The van der Waals surface area contributed by atoms with Crippen LogP contribution in [0.3, 0.4) is 0 Å². The molecule has 0 aliphatic carbocycles. The molecule has 106 valence electrons. The first-order valence-corrected chi connectivity index (χ1v) is 9.17. The largest absolute Gasteiger partial charge is 0.0810 e. The van der Waals surface area contributed by atoms with E-state index >= 15 is 0 Å². The van der Waals surface area contributed by atoms with Gasteiger partial charge in [0.25, 0.3) is 0 Å². The zero-order valence-electron chi connectivity index (χ0n) is 12.6. The van der Waals surface area contributed by atoms with Gasteiger partial charge in [-0.1, -0.05) is 84.8 Å². The Hall–Kier alpha value is -0.860. The Morgan fingerprint density at radius 1 is 0.850 bits per heavy atom. The fraction of sp³-hybridized carbons (Fsp3) is 0.333. The SMILES string of the molecule is C[C@H](SSc1ccc(C(C)(C)C)cc1)c1ccccc1. The second kappa shape index (κ2) is 6.73. The van der Waals surface area contributed by atoms with Crippen molar-refractivity contribution < 1.29 is 0 Å². The molecule has 0 N–H and O–H groups in total. The van der Waals surface area contributed by atoms with E-state index in [1.54, 1.807) is 0 Å². The van der Waals surface area contributed by atoms with Crippen molar-refractivity contribution in [1.82, 2.24) is 0 Å². The van der Waals surface area contributed by atoms with E-state index < -0.39 is 0 Å². The van der Waals surface area contributed by atoms with Crippen LogP contribution in [0.15, 0.2) is 59.5 Å². The van der Waals surface area contributed by atoms with Gasteiger partial charge in [-0.05, 0) is 35.6 Å². The van der Waals surface area contributed by atoms with Crippen LogP contribution in [0.4, 0.5) is 0 Å². The number of hydrogen-bond acceptors (Lipinski definition) is 2. The van der Waals surface area contributed by atoms with Gasteiger partial charge in [-0.2, -0.15) is 0 Å². The fourth-order valence-corrected chi connectivity index (χ4v) is 4.12. The van der Waals surface area contributed by atoms with Crippen LogP contribution in [-0.4, -0.2) is 0 Å². The van der Waals surface area contributed by atoms with Crippen LogP contribution in [0.5, 0.6) is 0 Å². The van der Waals surface area contributed by atoms with Crippen molar-refractivity contribution in [2.75, 3.05) is 0 Å². The smallest absolute Gasteiger partial charge is 0.0376 e. The lowest BCUT2D eigenvalue weighted by molar-refractivity contribution is 0.590. The van der Waals surface area contributed by atoms with Crippen molar-refractivity contribution in [3.05, 3.63) is 65.7 Å². The van der Waals surface area contributed by atoms with E-state index in [0.717, 1.165) is 0 Å². The van der Waals surface area contributed by atoms with E-state index in [1.165, 1.54) is 16.0 Å². The molecule has 0 saturated carbocycles. The van der Waals surface area contributed by atoms with E-state index in [1.807, 2.05) is 21.6 Å². The van der Waals surface area contributed by atoms with Gasteiger partial charge in [0.1, 0.15) is 0 Å². The first-order valence-electron chi connectivity index (χ1n) is 6.95. The highest BCUT2D eigenvalue weighted by molar-refractivity contribution is 8.76. The maximum atomic E-state index is 2.26. The number of rotatable bonds is 4. The quantitative estimate of drug-likeness (QED) is 0.592. The number of hydrogen-bond donors (Lipinski definition) is 0. The Labute approximate surface area is 130 Å². The highest BCUT2D eigenvalue weighted by atomic mass is 33.1. The predicted octanol–water partition coefficient (Wildman–Crippen LogP) is 6.49. The van der Waals surface area contributed by atoms with Crippen LogP contribution in [0.1, 0.15) is 44.1 Å². The lowest BCUT2D eigenvalue weighted by Gasteiger charge is -2.19.